The van der Waals surface area contributed by atoms with Crippen molar-refractivity contribution in [1.82, 2.24) is 10.9 Å². The van der Waals surface area contributed by atoms with Crippen molar-refractivity contribution in [3.05, 3.63) is 29.8 Å². The Morgan fingerprint density at radius 1 is 1.16 bits per heavy atom. The highest BCUT2D eigenvalue weighted by atomic mass is 16.1. The molecule has 1 aliphatic carbocycles. The van der Waals surface area contributed by atoms with E-state index in [1.807, 2.05) is 14.1 Å². The van der Waals surface area contributed by atoms with Crippen LogP contribution in [-0.2, 0) is 4.79 Å². The predicted octanol–water partition coefficient (Wildman–Crippen LogP) is 1.64. The van der Waals surface area contributed by atoms with Crippen molar-refractivity contribution in [2.24, 2.45) is 5.92 Å². The van der Waals surface area contributed by atoms with Crippen molar-refractivity contribution in [3.63, 3.8) is 0 Å². The number of rotatable bonds is 2. The maximum Gasteiger partial charge on any atom is 0.139 e. The van der Waals surface area contributed by atoms with Gasteiger partial charge in [-0.25, -0.2) is 5.43 Å². The lowest BCUT2D eigenvalue weighted by Gasteiger charge is -2.26. The quantitative estimate of drug-likeness (QED) is 0.847. The molecule has 1 heterocycles. The molecule has 1 aromatic carbocycles. The van der Waals surface area contributed by atoms with Crippen molar-refractivity contribution in [3.8, 4) is 0 Å². The molecule has 2 N–H and O–H groups in total. The number of Topliss-reactive ketones (excluding diaryl/α,β-unsaturated/α-hetero) is 1. The largest absolute Gasteiger partial charge is 0.378 e. The average molecular weight is 259 g/mol. The van der Waals surface area contributed by atoms with E-state index in [2.05, 4.69) is 40.0 Å². The number of benzene rings is 1. The first-order chi connectivity index (χ1) is 9.16. The fourth-order valence-corrected chi connectivity index (χ4v) is 3.20. The van der Waals surface area contributed by atoms with Crippen LogP contribution in [0.5, 0.6) is 0 Å². The zero-order valence-corrected chi connectivity index (χ0v) is 11.5. The van der Waals surface area contributed by atoms with E-state index in [0.29, 0.717) is 11.8 Å². The molecule has 102 valence electrons. The van der Waals surface area contributed by atoms with E-state index in [1.165, 1.54) is 11.3 Å². The van der Waals surface area contributed by atoms with Gasteiger partial charge in [0.25, 0.3) is 0 Å². The summed E-state index contributed by atoms with van der Waals surface area (Å²) in [6.45, 7) is 0. The second-order valence-electron chi connectivity index (χ2n) is 5.74. The molecule has 0 aromatic heterocycles. The highest BCUT2D eigenvalue weighted by molar-refractivity contribution is 5.83. The molecule has 2 fully saturated rings. The zero-order chi connectivity index (χ0) is 13.4. The summed E-state index contributed by atoms with van der Waals surface area (Å²) < 4.78 is 0. The minimum absolute atomic E-state index is 0.0963. The van der Waals surface area contributed by atoms with Crippen LogP contribution in [0, 0.1) is 5.92 Å². The molecule has 1 saturated carbocycles. The first kappa shape index (κ1) is 12.6. The Kier molecular flexibility index (Phi) is 3.29. The van der Waals surface area contributed by atoms with Crippen molar-refractivity contribution in [2.45, 2.75) is 31.3 Å². The van der Waals surface area contributed by atoms with Crippen LogP contribution in [0.1, 0.15) is 30.9 Å². The van der Waals surface area contributed by atoms with Gasteiger partial charge in [0.05, 0.1) is 12.0 Å². The standard InChI is InChI=1S/C15H21N3O/c1-18(2)11-8-6-10(7-9-11)15-14-12(16-17-15)4-3-5-13(14)19/h6-9,12,14-17H,3-5H2,1-2H3. The fraction of sp³-hybridized carbons (Fsp3) is 0.533. The second kappa shape index (κ2) is 4.94. The number of carbonyl (C=O) groups excluding carboxylic acids is 1. The predicted molar refractivity (Wildman–Crippen MR) is 75.9 cm³/mol. The molecule has 1 aliphatic heterocycles. The van der Waals surface area contributed by atoms with Gasteiger partial charge in [0, 0.05) is 32.2 Å². The number of hydrogen-bond acceptors (Lipinski definition) is 4. The van der Waals surface area contributed by atoms with Gasteiger partial charge < -0.3 is 4.90 Å². The molecular formula is C15H21N3O. The molecule has 4 heteroatoms. The van der Waals surface area contributed by atoms with Crippen LogP contribution < -0.4 is 15.8 Å². The summed E-state index contributed by atoms with van der Waals surface area (Å²) in [6, 6.07) is 8.89. The monoisotopic (exact) mass is 259 g/mol. The third-order valence-corrected chi connectivity index (χ3v) is 4.30. The highest BCUT2D eigenvalue weighted by Crippen LogP contribution is 2.36. The number of nitrogens with zero attached hydrogens (tertiary/aromatic N) is 1. The van der Waals surface area contributed by atoms with Gasteiger partial charge in [-0.05, 0) is 30.5 Å². The van der Waals surface area contributed by atoms with E-state index in [-0.39, 0.29) is 12.0 Å². The molecule has 0 spiro atoms. The minimum atomic E-state index is 0.0963. The molecule has 2 aliphatic rings. The molecule has 19 heavy (non-hydrogen) atoms. The lowest BCUT2D eigenvalue weighted by Crippen LogP contribution is -2.36. The summed E-state index contributed by atoms with van der Waals surface area (Å²) in [7, 11) is 4.07. The van der Waals surface area contributed by atoms with E-state index in [1.54, 1.807) is 0 Å². The average Bonchev–Trinajstić information content (AvgIpc) is 2.84. The molecule has 3 unspecified atom stereocenters. The summed E-state index contributed by atoms with van der Waals surface area (Å²) in [5, 5.41) is 0. The van der Waals surface area contributed by atoms with Crippen molar-refractivity contribution >= 4 is 11.5 Å². The molecule has 4 nitrogen and oxygen atoms in total. The van der Waals surface area contributed by atoms with Crippen molar-refractivity contribution in [1.29, 1.82) is 0 Å². The lowest BCUT2D eigenvalue weighted by molar-refractivity contribution is -0.125. The Balaban J connectivity index is 1.83. The normalized spacial score (nSPS) is 30.2. The summed E-state index contributed by atoms with van der Waals surface area (Å²) in [5.74, 6) is 0.495. The number of carbonyl (C=O) groups is 1. The van der Waals surface area contributed by atoms with Gasteiger partial charge in [-0.15, -0.1) is 0 Å². The molecule has 0 radical (unpaired) electrons. The van der Waals surface area contributed by atoms with Crippen LogP contribution in [0.15, 0.2) is 24.3 Å². The summed E-state index contributed by atoms with van der Waals surface area (Å²) in [6.07, 6.45) is 2.84. The smallest absolute Gasteiger partial charge is 0.139 e. The summed E-state index contributed by atoms with van der Waals surface area (Å²) >= 11 is 0. The Labute approximate surface area is 114 Å². The van der Waals surface area contributed by atoms with Crippen molar-refractivity contribution in [2.75, 3.05) is 19.0 Å². The zero-order valence-electron chi connectivity index (χ0n) is 11.5. The molecule has 3 rings (SSSR count). The van der Waals surface area contributed by atoms with Crippen LogP contribution in [0.2, 0.25) is 0 Å². The number of fused-ring (bicyclic) bond motifs is 1. The number of hydrazine groups is 1. The molecule has 1 saturated heterocycles. The second-order valence-corrected chi connectivity index (χ2v) is 5.74. The van der Waals surface area contributed by atoms with Crippen LogP contribution in [0.3, 0.4) is 0 Å². The third kappa shape index (κ3) is 2.26. The lowest BCUT2D eigenvalue weighted by atomic mass is 9.78. The van der Waals surface area contributed by atoms with Crippen LogP contribution in [0.4, 0.5) is 5.69 Å². The highest BCUT2D eigenvalue weighted by Gasteiger charge is 2.42. The maximum atomic E-state index is 12.1. The topological polar surface area (TPSA) is 44.4 Å². The van der Waals surface area contributed by atoms with E-state index < -0.39 is 0 Å². The summed E-state index contributed by atoms with van der Waals surface area (Å²) in [4.78, 5) is 14.2. The van der Waals surface area contributed by atoms with Gasteiger partial charge >= 0.3 is 0 Å². The van der Waals surface area contributed by atoms with Crippen LogP contribution in [-0.4, -0.2) is 25.9 Å². The SMILES string of the molecule is CN(C)c1ccc(C2NNC3CCCC(=O)C32)cc1. The number of ketones is 1. The fourth-order valence-electron chi connectivity index (χ4n) is 3.20. The molecule has 3 atom stereocenters. The van der Waals surface area contributed by atoms with Crippen LogP contribution >= 0.6 is 0 Å². The van der Waals surface area contributed by atoms with Gasteiger partial charge in [0.2, 0.25) is 0 Å². The Morgan fingerprint density at radius 3 is 2.58 bits per heavy atom. The number of hydrogen-bond donors (Lipinski definition) is 2. The van der Waals surface area contributed by atoms with Crippen LogP contribution in [0.25, 0.3) is 0 Å². The Bertz CT molecular complexity index is 469. The van der Waals surface area contributed by atoms with Gasteiger partial charge in [-0.3, -0.25) is 10.2 Å². The molecule has 1 aromatic rings. The van der Waals surface area contributed by atoms with E-state index in [4.69, 9.17) is 0 Å². The summed E-state index contributed by atoms with van der Waals surface area (Å²) in [5.41, 5.74) is 8.98. The van der Waals surface area contributed by atoms with Gasteiger partial charge in [-0.2, -0.15) is 0 Å². The van der Waals surface area contributed by atoms with Gasteiger partial charge in [0.15, 0.2) is 0 Å². The minimum Gasteiger partial charge on any atom is -0.378 e. The van der Waals surface area contributed by atoms with E-state index >= 15 is 0 Å². The van der Waals surface area contributed by atoms with E-state index in [9.17, 15) is 4.79 Å². The Hall–Kier alpha value is -1.39. The molecule has 0 amide bonds. The first-order valence-electron chi connectivity index (χ1n) is 6.98. The third-order valence-electron chi connectivity index (χ3n) is 4.30. The van der Waals surface area contributed by atoms with Gasteiger partial charge in [-0.1, -0.05) is 12.1 Å². The van der Waals surface area contributed by atoms with Gasteiger partial charge in [0.1, 0.15) is 5.78 Å². The maximum absolute atomic E-state index is 12.1. The Morgan fingerprint density at radius 2 is 1.89 bits per heavy atom. The molecule has 0 bridgehead atoms. The molecular weight excluding hydrogens is 238 g/mol. The number of nitrogens with one attached hydrogen (secondary N) is 2. The van der Waals surface area contributed by atoms with E-state index in [0.717, 1.165) is 19.3 Å². The van der Waals surface area contributed by atoms with Crippen molar-refractivity contribution < 1.29 is 4.79 Å². The first-order valence-corrected chi connectivity index (χ1v) is 6.98. The number of anilines is 1.